The van der Waals surface area contributed by atoms with Crippen LogP contribution >= 0.6 is 35.0 Å². The van der Waals surface area contributed by atoms with E-state index in [0.29, 0.717) is 57.0 Å². The van der Waals surface area contributed by atoms with Gasteiger partial charge in [-0.15, -0.1) is 0 Å². The van der Waals surface area contributed by atoms with Crippen molar-refractivity contribution in [3.8, 4) is 5.69 Å². The maximum Gasteiger partial charge on any atom is 0.305 e. The molecule has 0 aliphatic heterocycles. The molecule has 0 radical (unpaired) electrons. The van der Waals surface area contributed by atoms with Gasteiger partial charge in [-0.3, -0.25) is 14.2 Å². The fourth-order valence-corrected chi connectivity index (χ4v) is 3.92. The van der Waals surface area contributed by atoms with Crippen molar-refractivity contribution >= 4 is 51.8 Å². The van der Waals surface area contributed by atoms with Crippen molar-refractivity contribution < 1.29 is 9.53 Å². The van der Waals surface area contributed by atoms with Crippen molar-refractivity contribution in [3.63, 3.8) is 0 Å². The van der Waals surface area contributed by atoms with Crippen LogP contribution in [0.15, 0.2) is 52.4 Å². The molecule has 28 heavy (non-hydrogen) atoms. The predicted molar refractivity (Wildman–Crippen MR) is 114 cm³/mol. The number of benzene rings is 2. The largest absolute Gasteiger partial charge is 0.466 e. The minimum absolute atomic E-state index is 0.183. The van der Waals surface area contributed by atoms with Gasteiger partial charge in [0.05, 0.1) is 33.2 Å². The van der Waals surface area contributed by atoms with E-state index >= 15 is 0 Å². The zero-order chi connectivity index (χ0) is 20.1. The number of para-hydroxylation sites is 1. The molecule has 0 bridgehead atoms. The molecule has 0 aliphatic rings. The van der Waals surface area contributed by atoms with E-state index in [1.54, 1.807) is 43.3 Å². The van der Waals surface area contributed by atoms with E-state index in [4.69, 9.17) is 27.9 Å². The van der Waals surface area contributed by atoms with Crippen LogP contribution in [0.3, 0.4) is 0 Å². The van der Waals surface area contributed by atoms with Crippen LogP contribution < -0.4 is 5.56 Å². The average Bonchev–Trinajstić information content (AvgIpc) is 2.68. The first-order valence-electron chi connectivity index (χ1n) is 8.77. The van der Waals surface area contributed by atoms with Crippen molar-refractivity contribution in [3.05, 3.63) is 62.9 Å². The summed E-state index contributed by atoms with van der Waals surface area (Å²) < 4.78 is 6.47. The van der Waals surface area contributed by atoms with Gasteiger partial charge in [0.1, 0.15) is 0 Å². The Hall–Kier alpha value is -2.02. The van der Waals surface area contributed by atoms with E-state index in [1.165, 1.54) is 16.3 Å². The van der Waals surface area contributed by atoms with Gasteiger partial charge in [0.2, 0.25) is 0 Å². The van der Waals surface area contributed by atoms with Gasteiger partial charge in [-0.2, -0.15) is 0 Å². The number of ether oxygens (including phenoxy) is 1. The Morgan fingerprint density at radius 1 is 1.18 bits per heavy atom. The van der Waals surface area contributed by atoms with Gasteiger partial charge in [-0.25, -0.2) is 4.98 Å². The number of carbonyl (C=O) groups is 1. The molecule has 1 aromatic heterocycles. The molecule has 5 nitrogen and oxygen atoms in total. The van der Waals surface area contributed by atoms with Gasteiger partial charge in [-0.05, 0) is 43.7 Å². The summed E-state index contributed by atoms with van der Waals surface area (Å²) in [7, 11) is 0. The molecule has 1 heterocycles. The molecule has 0 N–H and O–H groups in total. The van der Waals surface area contributed by atoms with Crippen LogP contribution in [0.5, 0.6) is 0 Å². The summed E-state index contributed by atoms with van der Waals surface area (Å²) in [6.45, 7) is 2.15. The maximum absolute atomic E-state index is 13.1. The fourth-order valence-electron chi connectivity index (χ4n) is 2.67. The second-order valence-corrected chi connectivity index (χ2v) is 7.78. The molecule has 146 valence electrons. The number of halogens is 2. The number of carbonyl (C=O) groups excluding carboxylic acids is 1. The van der Waals surface area contributed by atoms with Crippen molar-refractivity contribution in [2.24, 2.45) is 0 Å². The summed E-state index contributed by atoms with van der Waals surface area (Å²) in [4.78, 5) is 29.3. The standard InChI is InChI=1S/C20H18Cl2N2O3S/c1-2-27-18(25)8-5-11-28-20-23-17-7-4-3-6-14(17)19(26)24(20)13-9-10-15(21)16(22)12-13/h3-4,6-7,9-10,12H,2,5,8,11H2,1H3. The molecule has 0 saturated carbocycles. The topological polar surface area (TPSA) is 61.2 Å². The lowest BCUT2D eigenvalue weighted by atomic mass is 10.2. The first-order chi connectivity index (χ1) is 13.5. The average molecular weight is 437 g/mol. The zero-order valence-electron chi connectivity index (χ0n) is 15.2. The Morgan fingerprint density at radius 3 is 2.71 bits per heavy atom. The normalized spacial score (nSPS) is 11.0. The number of aromatic nitrogens is 2. The molecule has 3 aromatic rings. The van der Waals surface area contributed by atoms with Crippen LogP contribution in [0.25, 0.3) is 16.6 Å². The molecule has 0 atom stereocenters. The van der Waals surface area contributed by atoms with Crippen LogP contribution in [-0.2, 0) is 9.53 Å². The summed E-state index contributed by atoms with van der Waals surface area (Å²) in [5.74, 6) is 0.390. The molecule has 8 heteroatoms. The van der Waals surface area contributed by atoms with Gasteiger partial charge in [0.15, 0.2) is 5.16 Å². The maximum atomic E-state index is 13.1. The number of rotatable bonds is 7. The SMILES string of the molecule is CCOC(=O)CCCSc1nc2ccccc2c(=O)n1-c1ccc(Cl)c(Cl)c1. The quantitative estimate of drug-likeness (QED) is 0.222. The monoisotopic (exact) mass is 436 g/mol. The smallest absolute Gasteiger partial charge is 0.305 e. The van der Waals surface area contributed by atoms with Gasteiger partial charge in [0.25, 0.3) is 5.56 Å². The lowest BCUT2D eigenvalue weighted by Crippen LogP contribution is -2.21. The molecule has 0 aliphatic carbocycles. The van der Waals surface area contributed by atoms with Crippen LogP contribution in [0.4, 0.5) is 0 Å². The number of hydrogen-bond donors (Lipinski definition) is 0. The Morgan fingerprint density at radius 2 is 1.96 bits per heavy atom. The minimum Gasteiger partial charge on any atom is -0.466 e. The van der Waals surface area contributed by atoms with Crippen molar-refractivity contribution in [1.82, 2.24) is 9.55 Å². The molecular weight excluding hydrogens is 419 g/mol. The van der Waals surface area contributed by atoms with Crippen LogP contribution in [0.2, 0.25) is 10.0 Å². The van der Waals surface area contributed by atoms with Crippen molar-refractivity contribution in [1.29, 1.82) is 0 Å². The first-order valence-corrected chi connectivity index (χ1v) is 10.5. The third kappa shape index (κ3) is 4.69. The van der Waals surface area contributed by atoms with Crippen LogP contribution in [-0.4, -0.2) is 27.9 Å². The Bertz CT molecular complexity index is 1070. The highest BCUT2D eigenvalue weighted by Gasteiger charge is 2.14. The van der Waals surface area contributed by atoms with Crippen molar-refractivity contribution in [2.45, 2.75) is 24.9 Å². The van der Waals surface area contributed by atoms with E-state index < -0.39 is 0 Å². The second kappa shape index (κ2) is 9.45. The molecule has 0 amide bonds. The number of esters is 1. The van der Waals surface area contributed by atoms with E-state index in [0.717, 1.165) is 0 Å². The highest BCUT2D eigenvalue weighted by Crippen LogP contribution is 2.27. The number of thioether (sulfide) groups is 1. The molecule has 2 aromatic carbocycles. The second-order valence-electron chi connectivity index (χ2n) is 5.91. The first kappa shape index (κ1) is 20.7. The summed E-state index contributed by atoms with van der Waals surface area (Å²) in [5.41, 5.74) is 1.03. The van der Waals surface area contributed by atoms with E-state index in [9.17, 15) is 9.59 Å². The molecule has 3 rings (SSSR count). The zero-order valence-corrected chi connectivity index (χ0v) is 17.5. The lowest BCUT2D eigenvalue weighted by molar-refractivity contribution is -0.143. The van der Waals surface area contributed by atoms with Gasteiger partial charge in [-0.1, -0.05) is 47.1 Å². The summed E-state index contributed by atoms with van der Waals surface area (Å²) >= 11 is 13.6. The summed E-state index contributed by atoms with van der Waals surface area (Å²) in [5, 5.41) is 1.82. The highest BCUT2D eigenvalue weighted by atomic mass is 35.5. The van der Waals surface area contributed by atoms with Gasteiger partial charge >= 0.3 is 5.97 Å². The Labute approximate surface area is 176 Å². The number of hydrogen-bond acceptors (Lipinski definition) is 5. The van der Waals surface area contributed by atoms with Crippen LogP contribution in [0.1, 0.15) is 19.8 Å². The molecule has 0 saturated heterocycles. The number of fused-ring (bicyclic) bond motifs is 1. The predicted octanol–water partition coefficient (Wildman–Crippen LogP) is 5.13. The van der Waals surface area contributed by atoms with E-state index in [-0.39, 0.29) is 11.5 Å². The van der Waals surface area contributed by atoms with E-state index in [1.807, 2.05) is 6.07 Å². The molecular formula is C20H18Cl2N2O3S. The summed E-state index contributed by atoms with van der Waals surface area (Å²) in [6.07, 6.45) is 0.943. The van der Waals surface area contributed by atoms with Gasteiger partial charge < -0.3 is 4.74 Å². The fraction of sp³-hybridized carbons (Fsp3) is 0.250. The van der Waals surface area contributed by atoms with Crippen LogP contribution in [0, 0.1) is 0 Å². The van der Waals surface area contributed by atoms with Crippen molar-refractivity contribution in [2.75, 3.05) is 12.4 Å². The highest BCUT2D eigenvalue weighted by molar-refractivity contribution is 7.99. The van der Waals surface area contributed by atoms with Gasteiger partial charge in [0, 0.05) is 12.2 Å². The lowest BCUT2D eigenvalue weighted by Gasteiger charge is -2.13. The third-order valence-electron chi connectivity index (χ3n) is 3.97. The molecule has 0 unspecified atom stereocenters. The third-order valence-corrected chi connectivity index (χ3v) is 5.73. The van der Waals surface area contributed by atoms with E-state index in [2.05, 4.69) is 4.98 Å². The number of nitrogens with zero attached hydrogens (tertiary/aromatic N) is 2. The summed E-state index contributed by atoms with van der Waals surface area (Å²) in [6, 6.07) is 12.2. The minimum atomic E-state index is -0.226. The Balaban J connectivity index is 1.96. The molecule has 0 fully saturated rings. The Kier molecular flexibility index (Phi) is 6.99. The molecule has 0 spiro atoms.